The van der Waals surface area contributed by atoms with Crippen molar-refractivity contribution in [3.05, 3.63) is 36.4 Å². The summed E-state index contributed by atoms with van der Waals surface area (Å²) in [6, 6.07) is 7.27. The van der Waals surface area contributed by atoms with Crippen LogP contribution in [-0.2, 0) is 9.59 Å². The minimum Gasteiger partial charge on any atom is -0.486 e. The van der Waals surface area contributed by atoms with Gasteiger partial charge in [0.15, 0.2) is 11.5 Å². The van der Waals surface area contributed by atoms with Crippen LogP contribution in [-0.4, -0.2) is 36.2 Å². The monoisotopic (exact) mass is 263 g/mol. The van der Waals surface area contributed by atoms with Gasteiger partial charge in [0, 0.05) is 12.2 Å². The molecule has 0 aliphatic carbocycles. The second-order valence-corrected chi connectivity index (χ2v) is 3.91. The second-order valence-electron chi connectivity index (χ2n) is 3.91. The summed E-state index contributed by atoms with van der Waals surface area (Å²) in [6.07, 6.45) is 1.44. The molecule has 6 heteroatoms. The lowest BCUT2D eigenvalue weighted by Gasteiger charge is -2.26. The van der Waals surface area contributed by atoms with E-state index in [1.54, 1.807) is 12.1 Å². The lowest BCUT2D eigenvalue weighted by molar-refractivity contribution is -0.131. The summed E-state index contributed by atoms with van der Waals surface area (Å²) in [5, 5.41) is 10.9. The van der Waals surface area contributed by atoms with Gasteiger partial charge in [-0.3, -0.25) is 4.79 Å². The maximum atomic E-state index is 11.3. The van der Waals surface area contributed by atoms with Crippen molar-refractivity contribution in [1.29, 1.82) is 0 Å². The van der Waals surface area contributed by atoms with Crippen LogP contribution < -0.4 is 14.8 Å². The first-order chi connectivity index (χ1) is 9.15. The summed E-state index contributed by atoms with van der Waals surface area (Å²) >= 11 is 0. The Bertz CT molecular complexity index is 512. The highest BCUT2D eigenvalue weighted by atomic mass is 16.6. The summed E-state index contributed by atoms with van der Waals surface area (Å²) in [6.45, 7) is 0.580. The van der Waals surface area contributed by atoms with Gasteiger partial charge in [-0.25, -0.2) is 4.79 Å². The fourth-order valence-electron chi connectivity index (χ4n) is 1.58. The van der Waals surface area contributed by atoms with E-state index in [1.165, 1.54) is 0 Å². The number of carbonyl (C=O) groups is 2. The lowest BCUT2D eigenvalue weighted by atomic mass is 10.2. The van der Waals surface area contributed by atoms with E-state index in [-0.39, 0.29) is 12.6 Å². The molecule has 19 heavy (non-hydrogen) atoms. The molecule has 1 aliphatic rings. The minimum atomic E-state index is -1.17. The third-order valence-electron chi connectivity index (χ3n) is 2.45. The second kappa shape index (κ2) is 5.90. The van der Waals surface area contributed by atoms with E-state index in [1.807, 2.05) is 12.1 Å². The molecule has 1 aromatic carbocycles. The number of fused-ring (bicyclic) bond motifs is 1. The Kier molecular flexibility index (Phi) is 4.02. The molecule has 0 radical (unpaired) electrons. The van der Waals surface area contributed by atoms with Crippen LogP contribution in [0, 0.1) is 0 Å². The van der Waals surface area contributed by atoms with E-state index in [0.29, 0.717) is 18.1 Å². The van der Waals surface area contributed by atoms with Crippen molar-refractivity contribution in [1.82, 2.24) is 5.32 Å². The van der Waals surface area contributed by atoms with Crippen molar-refractivity contribution in [2.24, 2.45) is 0 Å². The number of carboxylic acid groups (broad SMARTS) is 1. The quantitative estimate of drug-likeness (QED) is 0.776. The molecule has 0 saturated heterocycles. The number of carbonyl (C=O) groups excluding carboxylic acids is 1. The van der Waals surface area contributed by atoms with Crippen LogP contribution in [0.25, 0.3) is 0 Å². The summed E-state index contributed by atoms with van der Waals surface area (Å²) in [5.41, 5.74) is 0. The molecule has 1 aliphatic heterocycles. The van der Waals surface area contributed by atoms with Crippen LogP contribution in [0.15, 0.2) is 36.4 Å². The van der Waals surface area contributed by atoms with Crippen LogP contribution in [0.1, 0.15) is 0 Å². The predicted molar refractivity (Wildman–Crippen MR) is 66.1 cm³/mol. The van der Waals surface area contributed by atoms with Crippen molar-refractivity contribution < 1.29 is 24.2 Å². The maximum absolute atomic E-state index is 11.3. The Labute approximate surface area is 109 Å². The summed E-state index contributed by atoms with van der Waals surface area (Å²) < 4.78 is 11.1. The third kappa shape index (κ3) is 3.74. The number of hydrogen-bond acceptors (Lipinski definition) is 4. The molecule has 0 saturated carbocycles. The molecule has 6 nitrogen and oxygen atoms in total. The SMILES string of the molecule is O=C(O)/C=C/C(=O)NC[C@@H]1COc2ccccc2O1. The topological polar surface area (TPSA) is 84.9 Å². The molecule has 100 valence electrons. The van der Waals surface area contributed by atoms with Gasteiger partial charge >= 0.3 is 5.97 Å². The smallest absolute Gasteiger partial charge is 0.328 e. The number of rotatable bonds is 4. The molecule has 1 heterocycles. The zero-order valence-electron chi connectivity index (χ0n) is 10.0. The van der Waals surface area contributed by atoms with Crippen molar-refractivity contribution in [3.63, 3.8) is 0 Å². The Balaban J connectivity index is 1.83. The van der Waals surface area contributed by atoms with Gasteiger partial charge in [-0.15, -0.1) is 0 Å². The minimum absolute atomic E-state index is 0.247. The number of aliphatic carboxylic acids is 1. The van der Waals surface area contributed by atoms with Gasteiger partial charge in [0.1, 0.15) is 12.7 Å². The first-order valence-corrected chi connectivity index (χ1v) is 5.72. The highest BCUT2D eigenvalue weighted by Gasteiger charge is 2.20. The van der Waals surface area contributed by atoms with Crippen LogP contribution in [0.3, 0.4) is 0 Å². The van der Waals surface area contributed by atoms with E-state index < -0.39 is 11.9 Å². The van der Waals surface area contributed by atoms with E-state index in [4.69, 9.17) is 14.6 Å². The predicted octanol–water partition coefficient (Wildman–Crippen LogP) is 0.583. The number of hydrogen-bond donors (Lipinski definition) is 2. The number of amides is 1. The van der Waals surface area contributed by atoms with Gasteiger partial charge in [0.25, 0.3) is 0 Å². The molecular formula is C13H13NO5. The molecular weight excluding hydrogens is 250 g/mol. The Morgan fingerprint density at radius 1 is 1.32 bits per heavy atom. The normalized spacial score (nSPS) is 17.2. The van der Waals surface area contributed by atoms with Crippen LogP contribution in [0.4, 0.5) is 0 Å². The van der Waals surface area contributed by atoms with E-state index in [0.717, 1.165) is 12.2 Å². The van der Waals surface area contributed by atoms with Crippen molar-refractivity contribution in [2.45, 2.75) is 6.10 Å². The van der Waals surface area contributed by atoms with E-state index in [2.05, 4.69) is 5.32 Å². The summed E-state index contributed by atoms with van der Waals surface area (Å²) in [7, 11) is 0. The fraction of sp³-hybridized carbons (Fsp3) is 0.231. The van der Waals surface area contributed by atoms with Gasteiger partial charge < -0.3 is 19.9 Å². The standard InChI is InChI=1S/C13H13NO5/c15-12(5-6-13(16)17)14-7-9-8-18-10-3-1-2-4-11(10)19-9/h1-6,9H,7-8H2,(H,14,15)(H,16,17)/b6-5+/t9-/m1/s1. The first kappa shape index (κ1) is 12.9. The highest BCUT2D eigenvalue weighted by molar-refractivity contribution is 5.93. The van der Waals surface area contributed by atoms with Crippen LogP contribution in [0.2, 0.25) is 0 Å². The molecule has 2 N–H and O–H groups in total. The number of nitrogens with one attached hydrogen (secondary N) is 1. The summed E-state index contributed by atoms with van der Waals surface area (Å²) in [5.74, 6) is -0.337. The molecule has 0 aromatic heterocycles. The van der Waals surface area contributed by atoms with Crippen molar-refractivity contribution in [2.75, 3.05) is 13.2 Å². The lowest BCUT2D eigenvalue weighted by Crippen LogP contribution is -2.40. The van der Waals surface area contributed by atoms with Gasteiger partial charge in [-0.1, -0.05) is 12.1 Å². The highest BCUT2D eigenvalue weighted by Crippen LogP contribution is 2.30. The summed E-state index contributed by atoms with van der Waals surface area (Å²) in [4.78, 5) is 21.5. The van der Waals surface area contributed by atoms with Gasteiger partial charge in [0.2, 0.25) is 5.91 Å². The third-order valence-corrected chi connectivity index (χ3v) is 2.45. The molecule has 1 amide bonds. The molecule has 2 rings (SSSR count). The molecule has 0 fully saturated rings. The van der Waals surface area contributed by atoms with Crippen molar-refractivity contribution >= 4 is 11.9 Å². The Hall–Kier alpha value is -2.50. The first-order valence-electron chi connectivity index (χ1n) is 5.72. The van der Waals surface area contributed by atoms with Crippen molar-refractivity contribution in [3.8, 4) is 11.5 Å². The van der Waals surface area contributed by atoms with E-state index >= 15 is 0 Å². The zero-order valence-corrected chi connectivity index (χ0v) is 10.0. The number of ether oxygens (including phenoxy) is 2. The molecule has 1 aromatic rings. The number of carboxylic acids is 1. The molecule has 1 atom stereocenters. The largest absolute Gasteiger partial charge is 0.486 e. The molecule has 0 spiro atoms. The average Bonchev–Trinajstić information content (AvgIpc) is 2.42. The average molecular weight is 263 g/mol. The maximum Gasteiger partial charge on any atom is 0.328 e. The van der Waals surface area contributed by atoms with Gasteiger partial charge in [-0.05, 0) is 12.1 Å². The van der Waals surface area contributed by atoms with Gasteiger partial charge in [0.05, 0.1) is 6.54 Å². The zero-order chi connectivity index (χ0) is 13.7. The van der Waals surface area contributed by atoms with Crippen LogP contribution >= 0.6 is 0 Å². The number of para-hydroxylation sites is 2. The fourth-order valence-corrected chi connectivity index (χ4v) is 1.58. The molecule has 0 bridgehead atoms. The Morgan fingerprint density at radius 2 is 2.05 bits per heavy atom. The number of benzene rings is 1. The van der Waals surface area contributed by atoms with E-state index in [9.17, 15) is 9.59 Å². The van der Waals surface area contributed by atoms with Crippen LogP contribution in [0.5, 0.6) is 11.5 Å². The molecule has 0 unspecified atom stereocenters. The Morgan fingerprint density at radius 3 is 2.79 bits per heavy atom. The van der Waals surface area contributed by atoms with Gasteiger partial charge in [-0.2, -0.15) is 0 Å².